The molecule has 3 rings (SSSR count). The molecule has 0 unspecified atom stereocenters. The molecule has 0 fully saturated rings. The fourth-order valence-corrected chi connectivity index (χ4v) is 2.76. The summed E-state index contributed by atoms with van der Waals surface area (Å²) in [5.74, 6) is -2.49. The molecule has 0 atom stereocenters. The fourth-order valence-electron chi connectivity index (χ4n) is 2.40. The number of halogens is 2. The number of hydrogen-bond donors (Lipinski definition) is 1. The van der Waals surface area contributed by atoms with Crippen LogP contribution in [0.25, 0.3) is 0 Å². The Morgan fingerprint density at radius 2 is 1.58 bits per heavy atom. The van der Waals surface area contributed by atoms with Crippen molar-refractivity contribution in [3.63, 3.8) is 0 Å². The molecule has 0 aliphatic carbocycles. The zero-order chi connectivity index (χ0) is 18.8. The van der Waals surface area contributed by atoms with E-state index >= 15 is 0 Å². The fraction of sp³-hybridized carbons (Fsp3) is 0.0556. The number of rotatable bonds is 5. The number of imide groups is 1. The predicted molar refractivity (Wildman–Crippen MR) is 94.3 cm³/mol. The maximum absolute atomic E-state index is 12.5. The number of carboxylic acids is 1. The summed E-state index contributed by atoms with van der Waals surface area (Å²) in [6.45, 7) is 0.0554. The van der Waals surface area contributed by atoms with Gasteiger partial charge in [0, 0.05) is 10.7 Å². The Morgan fingerprint density at radius 1 is 0.962 bits per heavy atom. The van der Waals surface area contributed by atoms with Crippen molar-refractivity contribution in [2.24, 2.45) is 0 Å². The Morgan fingerprint density at radius 3 is 2.15 bits per heavy atom. The van der Waals surface area contributed by atoms with Crippen LogP contribution >= 0.6 is 23.2 Å². The SMILES string of the molecule is O=C([O-])c1ccc(NC2=C(Cl)C(=O)N(Cc3ccc(Cl)cc3)C2=O)cc1. The van der Waals surface area contributed by atoms with Crippen LogP contribution in [-0.4, -0.2) is 22.7 Å². The number of anilines is 1. The molecule has 2 aromatic rings. The van der Waals surface area contributed by atoms with Crippen LogP contribution in [0.2, 0.25) is 5.02 Å². The van der Waals surface area contributed by atoms with Gasteiger partial charge in [0.25, 0.3) is 11.8 Å². The second kappa shape index (κ2) is 7.19. The molecule has 0 spiro atoms. The van der Waals surface area contributed by atoms with E-state index in [4.69, 9.17) is 23.2 Å². The first-order valence-corrected chi connectivity index (χ1v) is 8.21. The molecule has 26 heavy (non-hydrogen) atoms. The molecule has 8 heteroatoms. The number of benzene rings is 2. The minimum absolute atomic E-state index is 0.00573. The van der Waals surface area contributed by atoms with E-state index in [9.17, 15) is 19.5 Å². The lowest BCUT2D eigenvalue weighted by atomic mass is 10.2. The number of nitrogens with zero attached hydrogens (tertiary/aromatic N) is 1. The highest BCUT2D eigenvalue weighted by molar-refractivity contribution is 6.48. The minimum Gasteiger partial charge on any atom is -0.545 e. The highest BCUT2D eigenvalue weighted by atomic mass is 35.5. The third-order valence-electron chi connectivity index (χ3n) is 3.76. The van der Waals surface area contributed by atoms with Crippen LogP contribution in [0, 0.1) is 0 Å². The van der Waals surface area contributed by atoms with Crippen LogP contribution in [0.1, 0.15) is 15.9 Å². The third kappa shape index (κ3) is 3.56. The van der Waals surface area contributed by atoms with Crippen LogP contribution in [0.15, 0.2) is 59.3 Å². The number of carbonyl (C=O) groups is 3. The van der Waals surface area contributed by atoms with E-state index in [0.29, 0.717) is 10.7 Å². The topological polar surface area (TPSA) is 89.5 Å². The van der Waals surface area contributed by atoms with E-state index in [1.807, 2.05) is 0 Å². The second-order valence-electron chi connectivity index (χ2n) is 5.50. The molecule has 0 saturated carbocycles. The summed E-state index contributed by atoms with van der Waals surface area (Å²) in [6, 6.07) is 12.3. The molecule has 1 aliphatic rings. The van der Waals surface area contributed by atoms with Gasteiger partial charge < -0.3 is 15.2 Å². The highest BCUT2D eigenvalue weighted by Gasteiger charge is 2.37. The first-order chi connectivity index (χ1) is 12.4. The van der Waals surface area contributed by atoms with Crippen molar-refractivity contribution in [2.45, 2.75) is 6.54 Å². The van der Waals surface area contributed by atoms with Crippen molar-refractivity contribution in [1.82, 2.24) is 4.90 Å². The van der Waals surface area contributed by atoms with E-state index in [1.165, 1.54) is 24.3 Å². The molecule has 1 heterocycles. The van der Waals surface area contributed by atoms with Crippen molar-refractivity contribution in [2.75, 3.05) is 5.32 Å². The minimum atomic E-state index is -1.31. The van der Waals surface area contributed by atoms with Gasteiger partial charge in [0.2, 0.25) is 0 Å². The van der Waals surface area contributed by atoms with Gasteiger partial charge in [0.15, 0.2) is 0 Å². The largest absolute Gasteiger partial charge is 0.545 e. The van der Waals surface area contributed by atoms with E-state index < -0.39 is 17.8 Å². The Balaban J connectivity index is 1.77. The van der Waals surface area contributed by atoms with Gasteiger partial charge in [-0.25, -0.2) is 0 Å². The van der Waals surface area contributed by atoms with Gasteiger partial charge >= 0.3 is 0 Å². The molecule has 1 aliphatic heterocycles. The summed E-state index contributed by atoms with van der Waals surface area (Å²) < 4.78 is 0. The summed E-state index contributed by atoms with van der Waals surface area (Å²) in [4.78, 5) is 36.6. The number of carbonyl (C=O) groups excluding carboxylic acids is 3. The maximum atomic E-state index is 12.5. The van der Waals surface area contributed by atoms with Crippen molar-refractivity contribution >= 4 is 46.7 Å². The quantitative estimate of drug-likeness (QED) is 0.791. The molecule has 132 valence electrons. The molecule has 0 saturated heterocycles. The van der Waals surface area contributed by atoms with Crippen molar-refractivity contribution in [3.8, 4) is 0 Å². The lowest BCUT2D eigenvalue weighted by Crippen LogP contribution is -2.31. The predicted octanol–water partition coefficient (Wildman–Crippen LogP) is 2.13. The molecule has 0 aromatic heterocycles. The molecule has 0 radical (unpaired) electrons. The van der Waals surface area contributed by atoms with Gasteiger partial charge in [-0.05, 0) is 35.4 Å². The number of hydrogen-bond acceptors (Lipinski definition) is 5. The molecular weight excluding hydrogens is 379 g/mol. The number of carboxylic acid groups (broad SMARTS) is 1. The standard InChI is InChI=1S/C18H12Cl2N2O4/c19-12-5-1-10(2-6-12)9-22-16(23)14(20)15(17(22)24)21-13-7-3-11(4-8-13)18(25)26/h1-8,21H,9H2,(H,25,26)/p-1. The Bertz CT molecular complexity index is 921. The van der Waals surface area contributed by atoms with Gasteiger partial charge in [0.05, 0.1) is 12.5 Å². The lowest BCUT2D eigenvalue weighted by molar-refractivity contribution is -0.255. The van der Waals surface area contributed by atoms with E-state index in [-0.39, 0.29) is 22.8 Å². The van der Waals surface area contributed by atoms with E-state index in [0.717, 1.165) is 10.5 Å². The first kappa shape index (κ1) is 18.0. The Labute approximate surface area is 158 Å². The van der Waals surface area contributed by atoms with Gasteiger partial charge in [-0.15, -0.1) is 0 Å². The van der Waals surface area contributed by atoms with Crippen molar-refractivity contribution in [3.05, 3.63) is 75.4 Å². The van der Waals surface area contributed by atoms with E-state index in [2.05, 4.69) is 5.32 Å². The van der Waals surface area contributed by atoms with Gasteiger partial charge in [-0.2, -0.15) is 0 Å². The third-order valence-corrected chi connectivity index (χ3v) is 4.36. The first-order valence-electron chi connectivity index (χ1n) is 7.45. The zero-order valence-corrected chi connectivity index (χ0v) is 14.7. The van der Waals surface area contributed by atoms with Gasteiger partial charge in [-0.1, -0.05) is 47.5 Å². The van der Waals surface area contributed by atoms with Gasteiger partial charge in [0.1, 0.15) is 10.7 Å². The summed E-state index contributed by atoms with van der Waals surface area (Å²) in [6.07, 6.45) is 0. The molecule has 2 amide bonds. The Hall–Kier alpha value is -2.83. The maximum Gasteiger partial charge on any atom is 0.279 e. The van der Waals surface area contributed by atoms with Crippen molar-refractivity contribution < 1.29 is 19.5 Å². The summed E-state index contributed by atoms with van der Waals surface area (Å²) in [5.41, 5.74) is 1.07. The normalized spacial score (nSPS) is 14.2. The monoisotopic (exact) mass is 389 g/mol. The molecule has 2 aromatic carbocycles. The number of amides is 2. The number of aromatic carboxylic acids is 1. The smallest absolute Gasteiger partial charge is 0.279 e. The van der Waals surface area contributed by atoms with Crippen LogP contribution < -0.4 is 10.4 Å². The van der Waals surface area contributed by atoms with Crippen LogP contribution in [0.4, 0.5) is 5.69 Å². The molecule has 1 N–H and O–H groups in total. The summed E-state index contributed by atoms with van der Waals surface area (Å²) >= 11 is 11.8. The lowest BCUT2D eigenvalue weighted by Gasteiger charge is -2.15. The number of nitrogens with one attached hydrogen (secondary N) is 1. The highest BCUT2D eigenvalue weighted by Crippen LogP contribution is 2.27. The summed E-state index contributed by atoms with van der Waals surface area (Å²) in [5, 5.41) is 13.8. The van der Waals surface area contributed by atoms with Crippen molar-refractivity contribution in [1.29, 1.82) is 0 Å². The average Bonchev–Trinajstić information content (AvgIpc) is 2.82. The zero-order valence-electron chi connectivity index (χ0n) is 13.2. The van der Waals surface area contributed by atoms with E-state index in [1.54, 1.807) is 24.3 Å². The molecule has 0 bridgehead atoms. The van der Waals surface area contributed by atoms with Crippen LogP contribution in [0.5, 0.6) is 0 Å². The molecule has 6 nitrogen and oxygen atoms in total. The Kier molecular flexibility index (Phi) is 4.97. The van der Waals surface area contributed by atoms with Crippen LogP contribution in [-0.2, 0) is 16.1 Å². The molecular formula is C18H11Cl2N2O4-. The summed E-state index contributed by atoms with van der Waals surface area (Å²) in [7, 11) is 0. The average molecular weight is 390 g/mol. The van der Waals surface area contributed by atoms with Crippen LogP contribution in [0.3, 0.4) is 0 Å². The second-order valence-corrected chi connectivity index (χ2v) is 6.32. The van der Waals surface area contributed by atoms with Gasteiger partial charge in [-0.3, -0.25) is 14.5 Å².